The number of esters is 2. The molecule has 3 fully saturated rings. The standard InChI is InChI=1S/C27H41NO5/c1-6-23(30)32-18-10-12-26(4)17(14-18)8-9-19-20(26)11-13-27(5)21(19)15-22(33-24(31)7-2)25(27)28-16(3)29/h8,18-22,25H,6-7,9-15H2,1-5H3,(H,28,29)/t18?,19?,20?,21?,22-,25?,26+,27+/m1/s1. The summed E-state index contributed by atoms with van der Waals surface area (Å²) in [6.07, 6.45) is 9.79. The second-order valence-electron chi connectivity index (χ2n) is 11.3. The van der Waals surface area contributed by atoms with Crippen molar-refractivity contribution in [2.45, 2.75) is 111 Å². The molecule has 0 heterocycles. The zero-order chi connectivity index (χ0) is 24.0. The van der Waals surface area contributed by atoms with Gasteiger partial charge >= 0.3 is 11.9 Å². The Morgan fingerprint density at radius 2 is 1.73 bits per heavy atom. The minimum absolute atomic E-state index is 0.00986. The highest BCUT2D eigenvalue weighted by Gasteiger charge is 2.62. The number of ether oxygens (including phenoxy) is 2. The van der Waals surface area contributed by atoms with Crippen LogP contribution in [0.2, 0.25) is 0 Å². The lowest BCUT2D eigenvalue weighted by Crippen LogP contribution is -2.55. The number of hydrogen-bond acceptors (Lipinski definition) is 5. The summed E-state index contributed by atoms with van der Waals surface area (Å²) in [4.78, 5) is 36.1. The summed E-state index contributed by atoms with van der Waals surface area (Å²) >= 11 is 0. The molecule has 0 spiro atoms. The molecule has 0 aromatic heterocycles. The molecule has 1 N–H and O–H groups in total. The van der Waals surface area contributed by atoms with Crippen LogP contribution in [0.3, 0.4) is 0 Å². The Labute approximate surface area is 198 Å². The fraction of sp³-hybridized carbons (Fsp3) is 0.815. The normalized spacial score (nSPS) is 41.7. The van der Waals surface area contributed by atoms with E-state index in [1.807, 2.05) is 13.8 Å². The second-order valence-corrected chi connectivity index (χ2v) is 11.3. The van der Waals surface area contributed by atoms with Crippen molar-refractivity contribution in [3.8, 4) is 0 Å². The van der Waals surface area contributed by atoms with Crippen LogP contribution in [0, 0.1) is 28.6 Å². The molecule has 6 nitrogen and oxygen atoms in total. The van der Waals surface area contributed by atoms with Gasteiger partial charge in [-0.25, -0.2) is 0 Å². The Kier molecular flexibility index (Phi) is 6.67. The van der Waals surface area contributed by atoms with Crippen LogP contribution in [-0.2, 0) is 23.9 Å². The molecule has 0 aromatic carbocycles. The first-order valence-corrected chi connectivity index (χ1v) is 13.0. The number of carbonyl (C=O) groups excluding carboxylic acids is 3. The van der Waals surface area contributed by atoms with Crippen molar-refractivity contribution in [1.29, 1.82) is 0 Å². The fourth-order valence-electron chi connectivity index (χ4n) is 7.83. The molecule has 4 aliphatic carbocycles. The third-order valence-electron chi connectivity index (χ3n) is 9.58. The van der Waals surface area contributed by atoms with Crippen molar-refractivity contribution in [1.82, 2.24) is 5.32 Å². The number of rotatable bonds is 5. The molecule has 1 amide bonds. The van der Waals surface area contributed by atoms with Gasteiger partial charge in [-0.1, -0.05) is 39.3 Å². The van der Waals surface area contributed by atoms with Crippen LogP contribution in [0.4, 0.5) is 0 Å². The molecular formula is C27H41NO5. The Bertz CT molecular complexity index is 836. The lowest BCUT2D eigenvalue weighted by atomic mass is 9.48. The smallest absolute Gasteiger partial charge is 0.305 e. The highest BCUT2D eigenvalue weighted by Crippen LogP contribution is 2.65. The molecular weight excluding hydrogens is 418 g/mol. The highest BCUT2D eigenvalue weighted by atomic mass is 16.5. The van der Waals surface area contributed by atoms with Gasteiger partial charge in [-0.05, 0) is 67.1 Å². The predicted octanol–water partition coefficient (Wildman–Crippen LogP) is 4.71. The van der Waals surface area contributed by atoms with Gasteiger partial charge in [-0.15, -0.1) is 0 Å². The van der Waals surface area contributed by atoms with E-state index in [9.17, 15) is 14.4 Å². The minimum atomic E-state index is -0.252. The molecule has 5 unspecified atom stereocenters. The summed E-state index contributed by atoms with van der Waals surface area (Å²) in [5, 5.41) is 3.17. The van der Waals surface area contributed by atoms with E-state index < -0.39 is 0 Å². The van der Waals surface area contributed by atoms with Crippen LogP contribution in [0.25, 0.3) is 0 Å². The van der Waals surface area contributed by atoms with Crippen molar-refractivity contribution in [2.75, 3.05) is 0 Å². The topological polar surface area (TPSA) is 81.7 Å². The lowest BCUT2D eigenvalue weighted by molar-refractivity contribution is -0.151. The largest absolute Gasteiger partial charge is 0.462 e. The van der Waals surface area contributed by atoms with Crippen LogP contribution in [0.5, 0.6) is 0 Å². The number of allylic oxidation sites excluding steroid dienone is 1. The van der Waals surface area contributed by atoms with Crippen molar-refractivity contribution in [3.05, 3.63) is 11.6 Å². The second kappa shape index (κ2) is 9.07. The summed E-state index contributed by atoms with van der Waals surface area (Å²) in [5.41, 5.74) is 1.54. The van der Waals surface area contributed by atoms with Gasteiger partial charge in [-0.2, -0.15) is 0 Å². The van der Waals surface area contributed by atoms with E-state index in [2.05, 4.69) is 25.2 Å². The molecule has 8 atom stereocenters. The lowest BCUT2D eigenvalue weighted by Gasteiger charge is -2.57. The number of hydrogen-bond donors (Lipinski definition) is 1. The van der Waals surface area contributed by atoms with Gasteiger partial charge in [0.2, 0.25) is 5.91 Å². The number of carbonyl (C=O) groups is 3. The maximum absolute atomic E-state index is 12.2. The first-order valence-electron chi connectivity index (χ1n) is 13.0. The summed E-state index contributed by atoms with van der Waals surface area (Å²) in [6.45, 7) is 9.95. The monoisotopic (exact) mass is 459 g/mol. The Hall–Kier alpha value is -1.85. The molecule has 33 heavy (non-hydrogen) atoms. The van der Waals surface area contributed by atoms with Gasteiger partial charge in [0, 0.05) is 26.2 Å². The maximum atomic E-state index is 12.2. The van der Waals surface area contributed by atoms with Crippen LogP contribution < -0.4 is 5.32 Å². The van der Waals surface area contributed by atoms with E-state index in [0.717, 1.165) is 44.9 Å². The summed E-state index contributed by atoms with van der Waals surface area (Å²) in [5.74, 6) is 1.17. The van der Waals surface area contributed by atoms with Gasteiger partial charge in [-0.3, -0.25) is 14.4 Å². The minimum Gasteiger partial charge on any atom is -0.462 e. The molecule has 3 saturated carbocycles. The number of amides is 1. The van der Waals surface area contributed by atoms with Gasteiger partial charge in [0.25, 0.3) is 0 Å². The van der Waals surface area contributed by atoms with E-state index >= 15 is 0 Å². The highest BCUT2D eigenvalue weighted by molar-refractivity contribution is 5.74. The fourth-order valence-corrected chi connectivity index (χ4v) is 7.83. The van der Waals surface area contributed by atoms with Crippen molar-refractivity contribution in [3.63, 3.8) is 0 Å². The van der Waals surface area contributed by atoms with Gasteiger partial charge in [0.05, 0.1) is 6.04 Å². The third-order valence-corrected chi connectivity index (χ3v) is 9.58. The average molecular weight is 460 g/mol. The molecule has 0 saturated heterocycles. The van der Waals surface area contributed by atoms with Crippen LogP contribution in [0.1, 0.15) is 92.4 Å². The average Bonchev–Trinajstić information content (AvgIpc) is 3.04. The molecule has 6 heteroatoms. The molecule has 4 aliphatic rings. The Morgan fingerprint density at radius 1 is 1.03 bits per heavy atom. The first-order chi connectivity index (χ1) is 15.6. The molecule has 4 rings (SSSR count). The van der Waals surface area contributed by atoms with Crippen LogP contribution in [-0.4, -0.2) is 36.1 Å². The SMILES string of the molecule is CCC(=O)OC1CC[C@@]2(C)C(=CCC3C4C[C@@H](OC(=O)CC)C(NC(C)=O)[C@@]4(C)CCC32)C1. The van der Waals surface area contributed by atoms with Crippen molar-refractivity contribution < 1.29 is 23.9 Å². The van der Waals surface area contributed by atoms with Crippen LogP contribution in [0.15, 0.2) is 11.6 Å². The van der Waals surface area contributed by atoms with E-state index in [1.54, 1.807) is 6.92 Å². The van der Waals surface area contributed by atoms with E-state index in [0.29, 0.717) is 30.6 Å². The first kappa shape index (κ1) is 24.3. The Balaban J connectivity index is 1.58. The van der Waals surface area contributed by atoms with Crippen LogP contribution >= 0.6 is 0 Å². The zero-order valence-corrected chi connectivity index (χ0v) is 20.9. The Morgan fingerprint density at radius 3 is 2.39 bits per heavy atom. The van der Waals surface area contributed by atoms with E-state index in [1.165, 1.54) is 5.57 Å². The molecule has 0 aromatic rings. The van der Waals surface area contributed by atoms with E-state index in [4.69, 9.17) is 9.47 Å². The van der Waals surface area contributed by atoms with Crippen molar-refractivity contribution >= 4 is 17.8 Å². The van der Waals surface area contributed by atoms with Gasteiger partial charge in [0.15, 0.2) is 0 Å². The molecule has 0 aliphatic heterocycles. The van der Waals surface area contributed by atoms with Gasteiger partial charge in [0.1, 0.15) is 12.2 Å². The third kappa shape index (κ3) is 4.23. The predicted molar refractivity (Wildman–Crippen MR) is 125 cm³/mol. The number of nitrogens with one attached hydrogen (secondary N) is 1. The summed E-state index contributed by atoms with van der Waals surface area (Å²) < 4.78 is 11.6. The zero-order valence-electron chi connectivity index (χ0n) is 20.9. The summed E-state index contributed by atoms with van der Waals surface area (Å²) in [7, 11) is 0. The van der Waals surface area contributed by atoms with Gasteiger partial charge < -0.3 is 14.8 Å². The molecule has 184 valence electrons. The maximum Gasteiger partial charge on any atom is 0.305 e. The molecule has 0 bridgehead atoms. The quantitative estimate of drug-likeness (QED) is 0.476. The summed E-state index contributed by atoms with van der Waals surface area (Å²) in [6, 6.07) is -0.126. The number of fused-ring (bicyclic) bond motifs is 5. The van der Waals surface area contributed by atoms with E-state index in [-0.39, 0.29) is 46.9 Å². The van der Waals surface area contributed by atoms with Crippen molar-refractivity contribution in [2.24, 2.45) is 28.6 Å². The molecule has 0 radical (unpaired) electrons.